The summed E-state index contributed by atoms with van der Waals surface area (Å²) in [5.41, 5.74) is 5.82. The maximum atomic E-state index is 9.80. The molecule has 0 saturated carbocycles. The van der Waals surface area contributed by atoms with E-state index in [1.165, 1.54) is 0 Å². The molecule has 0 aromatic carbocycles. The molecule has 1 aromatic heterocycles. The van der Waals surface area contributed by atoms with Gasteiger partial charge in [-0.25, -0.2) is 0 Å². The Morgan fingerprint density at radius 1 is 1.21 bits per heavy atom. The standard InChI is InChI=1S/C16H29N7O/c1-18-14-7-15(20-16(17)19-14)23-9-12(13(10-23)11-24)8-22-5-3-21(2)4-6-22/h7,12-13,24H,3-6,8-11H2,1-2H3,(H3,17,18,19,20). The van der Waals surface area contributed by atoms with Gasteiger partial charge in [-0.05, 0) is 13.0 Å². The molecule has 2 fully saturated rings. The molecule has 3 rings (SSSR count). The summed E-state index contributed by atoms with van der Waals surface area (Å²) in [5, 5.41) is 12.8. The molecule has 8 heteroatoms. The van der Waals surface area contributed by atoms with E-state index in [1.807, 2.05) is 13.1 Å². The number of hydrogen-bond acceptors (Lipinski definition) is 8. The van der Waals surface area contributed by atoms with Crippen molar-refractivity contribution < 1.29 is 5.11 Å². The van der Waals surface area contributed by atoms with Gasteiger partial charge in [0.2, 0.25) is 5.95 Å². The van der Waals surface area contributed by atoms with E-state index in [2.05, 4.69) is 37.0 Å². The summed E-state index contributed by atoms with van der Waals surface area (Å²) in [6, 6.07) is 1.92. The van der Waals surface area contributed by atoms with Crippen LogP contribution in [-0.4, -0.2) is 91.4 Å². The molecule has 2 atom stereocenters. The van der Waals surface area contributed by atoms with Crippen molar-refractivity contribution >= 4 is 17.6 Å². The Morgan fingerprint density at radius 3 is 2.58 bits per heavy atom. The lowest BCUT2D eigenvalue weighted by Crippen LogP contribution is -2.47. The van der Waals surface area contributed by atoms with E-state index >= 15 is 0 Å². The van der Waals surface area contributed by atoms with E-state index in [-0.39, 0.29) is 18.5 Å². The number of aromatic nitrogens is 2. The zero-order valence-corrected chi connectivity index (χ0v) is 14.6. The van der Waals surface area contributed by atoms with Crippen LogP contribution in [0.5, 0.6) is 0 Å². The van der Waals surface area contributed by atoms with Crippen molar-refractivity contribution in [3.8, 4) is 0 Å². The van der Waals surface area contributed by atoms with Crippen molar-refractivity contribution in [2.45, 2.75) is 0 Å². The molecule has 4 N–H and O–H groups in total. The largest absolute Gasteiger partial charge is 0.396 e. The highest BCUT2D eigenvalue weighted by Crippen LogP contribution is 2.29. The van der Waals surface area contributed by atoms with Crippen molar-refractivity contribution in [3.63, 3.8) is 0 Å². The highest BCUT2D eigenvalue weighted by molar-refractivity contribution is 5.53. The third-order valence-electron chi connectivity index (χ3n) is 5.21. The highest BCUT2D eigenvalue weighted by atomic mass is 16.3. The van der Waals surface area contributed by atoms with Gasteiger partial charge in [-0.2, -0.15) is 9.97 Å². The van der Waals surface area contributed by atoms with Gasteiger partial charge in [-0.1, -0.05) is 0 Å². The predicted molar refractivity (Wildman–Crippen MR) is 96.2 cm³/mol. The van der Waals surface area contributed by atoms with Gasteiger partial charge in [-0.15, -0.1) is 0 Å². The van der Waals surface area contributed by atoms with Crippen LogP contribution in [0.3, 0.4) is 0 Å². The number of likely N-dealkylation sites (N-methyl/N-ethyl adjacent to an activating group) is 1. The van der Waals surface area contributed by atoms with E-state index in [0.717, 1.165) is 57.4 Å². The van der Waals surface area contributed by atoms with E-state index < -0.39 is 0 Å². The Kier molecular flexibility index (Phi) is 5.37. The maximum absolute atomic E-state index is 9.80. The number of aliphatic hydroxyl groups is 1. The van der Waals surface area contributed by atoms with E-state index in [9.17, 15) is 5.11 Å². The summed E-state index contributed by atoms with van der Waals surface area (Å²) in [6.07, 6.45) is 0. The lowest BCUT2D eigenvalue weighted by atomic mass is 9.96. The van der Waals surface area contributed by atoms with Gasteiger partial charge in [-0.3, -0.25) is 0 Å². The summed E-state index contributed by atoms with van der Waals surface area (Å²) in [6.45, 7) is 7.42. The number of aliphatic hydroxyl groups excluding tert-OH is 1. The minimum Gasteiger partial charge on any atom is -0.396 e. The Bertz CT molecular complexity index is 547. The quantitative estimate of drug-likeness (QED) is 0.656. The van der Waals surface area contributed by atoms with Gasteiger partial charge in [0.05, 0.1) is 0 Å². The molecule has 0 spiro atoms. The van der Waals surface area contributed by atoms with Gasteiger partial charge >= 0.3 is 0 Å². The van der Waals surface area contributed by atoms with Gasteiger partial charge in [0.25, 0.3) is 0 Å². The van der Waals surface area contributed by atoms with Crippen molar-refractivity contribution in [1.82, 2.24) is 19.8 Å². The van der Waals surface area contributed by atoms with E-state index in [4.69, 9.17) is 5.73 Å². The number of nitrogens with two attached hydrogens (primary N) is 1. The molecule has 2 aliphatic rings. The SMILES string of the molecule is CNc1cc(N2CC(CO)C(CN3CCN(C)CC3)C2)nc(N)n1. The monoisotopic (exact) mass is 335 g/mol. The number of nitrogen functional groups attached to an aromatic ring is 1. The third kappa shape index (κ3) is 3.88. The number of nitrogens with zero attached hydrogens (tertiary/aromatic N) is 5. The van der Waals surface area contributed by atoms with Crippen LogP contribution in [-0.2, 0) is 0 Å². The Balaban J connectivity index is 1.66. The number of piperazine rings is 1. The van der Waals surface area contributed by atoms with Crippen LogP contribution in [0.1, 0.15) is 0 Å². The first-order chi connectivity index (χ1) is 11.6. The first-order valence-electron chi connectivity index (χ1n) is 8.68. The third-order valence-corrected chi connectivity index (χ3v) is 5.21. The van der Waals surface area contributed by atoms with Crippen molar-refractivity contribution in [1.29, 1.82) is 0 Å². The summed E-state index contributed by atoms with van der Waals surface area (Å²) in [4.78, 5) is 15.6. The second kappa shape index (κ2) is 7.50. The molecule has 1 aromatic rings. The topological polar surface area (TPSA) is 93.8 Å². The number of nitrogens with one attached hydrogen (secondary N) is 1. The second-order valence-corrected chi connectivity index (χ2v) is 6.93. The summed E-state index contributed by atoms with van der Waals surface area (Å²) >= 11 is 0. The van der Waals surface area contributed by atoms with Crippen LogP contribution in [0.2, 0.25) is 0 Å². The first-order valence-corrected chi connectivity index (χ1v) is 8.68. The average molecular weight is 335 g/mol. The molecule has 8 nitrogen and oxygen atoms in total. The zero-order valence-electron chi connectivity index (χ0n) is 14.6. The number of rotatable bonds is 5. The highest BCUT2D eigenvalue weighted by Gasteiger charge is 2.34. The van der Waals surface area contributed by atoms with Crippen LogP contribution in [0, 0.1) is 11.8 Å². The van der Waals surface area contributed by atoms with Gasteiger partial charge in [0.15, 0.2) is 0 Å². The fourth-order valence-corrected chi connectivity index (χ4v) is 3.64. The molecule has 0 aliphatic carbocycles. The lowest BCUT2D eigenvalue weighted by Gasteiger charge is -2.34. The van der Waals surface area contributed by atoms with Gasteiger partial charge < -0.3 is 30.9 Å². The molecule has 134 valence electrons. The lowest BCUT2D eigenvalue weighted by molar-refractivity contribution is 0.116. The fourth-order valence-electron chi connectivity index (χ4n) is 3.64. The Morgan fingerprint density at radius 2 is 1.92 bits per heavy atom. The van der Waals surface area contributed by atoms with E-state index in [0.29, 0.717) is 5.92 Å². The Hall–Kier alpha value is -1.64. The average Bonchev–Trinajstić information content (AvgIpc) is 2.99. The molecule has 2 unspecified atom stereocenters. The zero-order chi connectivity index (χ0) is 17.1. The molecule has 24 heavy (non-hydrogen) atoms. The fraction of sp³-hybridized carbons (Fsp3) is 0.750. The van der Waals surface area contributed by atoms with Gasteiger partial charge in [0.1, 0.15) is 11.6 Å². The predicted octanol–water partition coefficient (Wildman–Crippen LogP) is -0.607. The van der Waals surface area contributed by atoms with Crippen LogP contribution in [0.25, 0.3) is 0 Å². The second-order valence-electron chi connectivity index (χ2n) is 6.93. The first kappa shape index (κ1) is 17.2. The number of anilines is 3. The Labute approximate surface area is 143 Å². The van der Waals surface area contributed by atoms with Crippen LogP contribution < -0.4 is 16.0 Å². The summed E-state index contributed by atoms with van der Waals surface area (Å²) in [7, 11) is 3.99. The molecule has 0 amide bonds. The van der Waals surface area contributed by atoms with E-state index in [1.54, 1.807) is 0 Å². The van der Waals surface area contributed by atoms with Crippen molar-refractivity contribution in [3.05, 3.63) is 6.07 Å². The minimum absolute atomic E-state index is 0.217. The van der Waals surface area contributed by atoms with Crippen LogP contribution >= 0.6 is 0 Å². The summed E-state index contributed by atoms with van der Waals surface area (Å²) in [5.74, 6) is 2.57. The van der Waals surface area contributed by atoms with Crippen LogP contribution in [0.15, 0.2) is 6.07 Å². The van der Waals surface area contributed by atoms with Crippen LogP contribution in [0.4, 0.5) is 17.6 Å². The molecule has 2 saturated heterocycles. The summed E-state index contributed by atoms with van der Waals surface area (Å²) < 4.78 is 0. The molecule has 0 bridgehead atoms. The maximum Gasteiger partial charge on any atom is 0.223 e. The van der Waals surface area contributed by atoms with Crippen molar-refractivity contribution in [2.24, 2.45) is 11.8 Å². The normalized spacial score (nSPS) is 26.0. The molecular formula is C16H29N7O. The number of hydrogen-bond donors (Lipinski definition) is 3. The molecule has 2 aliphatic heterocycles. The minimum atomic E-state index is 0.217. The molecular weight excluding hydrogens is 306 g/mol. The smallest absolute Gasteiger partial charge is 0.223 e. The molecule has 0 radical (unpaired) electrons. The van der Waals surface area contributed by atoms with Gasteiger partial charge in [0, 0.05) is 71.5 Å². The molecule has 3 heterocycles. The van der Waals surface area contributed by atoms with Crippen molar-refractivity contribution in [2.75, 3.05) is 82.5 Å².